The van der Waals surface area contributed by atoms with Gasteiger partial charge in [-0.1, -0.05) is 23.7 Å². The van der Waals surface area contributed by atoms with Gasteiger partial charge in [-0.05, 0) is 35.9 Å². The van der Waals surface area contributed by atoms with Gasteiger partial charge in [-0.15, -0.1) is 0 Å². The van der Waals surface area contributed by atoms with Gasteiger partial charge in [0.15, 0.2) is 11.6 Å². The van der Waals surface area contributed by atoms with E-state index in [1.807, 2.05) is 18.3 Å². The molecule has 0 fully saturated rings. The number of aromatic nitrogens is 2. The first kappa shape index (κ1) is 16.1. The quantitative estimate of drug-likeness (QED) is 0.722. The number of rotatable bonds is 4. The maximum Gasteiger partial charge on any atom is 0.257 e. The van der Waals surface area contributed by atoms with E-state index >= 15 is 0 Å². The number of nitrogens with one attached hydrogen (secondary N) is 1. The van der Waals surface area contributed by atoms with E-state index in [9.17, 15) is 13.6 Å². The molecular formula is C17H12ClF2N3O. The molecule has 0 saturated heterocycles. The van der Waals surface area contributed by atoms with Crippen LogP contribution in [0.25, 0.3) is 0 Å². The number of hydrogen-bond donors (Lipinski definition) is 1. The highest BCUT2D eigenvalue weighted by molar-refractivity contribution is 6.34. The molecule has 1 heterocycles. The van der Waals surface area contributed by atoms with Crippen molar-refractivity contribution in [3.63, 3.8) is 0 Å². The molecule has 0 bridgehead atoms. The lowest BCUT2D eigenvalue weighted by Crippen LogP contribution is -2.13. The van der Waals surface area contributed by atoms with Crippen LogP contribution in [0.2, 0.25) is 5.02 Å². The summed E-state index contributed by atoms with van der Waals surface area (Å²) in [5.41, 5.74) is 1.31. The van der Waals surface area contributed by atoms with Gasteiger partial charge < -0.3 is 5.32 Å². The Hall–Kier alpha value is -2.73. The van der Waals surface area contributed by atoms with Gasteiger partial charge >= 0.3 is 0 Å². The van der Waals surface area contributed by atoms with Crippen LogP contribution in [0.15, 0.2) is 54.9 Å². The molecule has 122 valence electrons. The van der Waals surface area contributed by atoms with Crippen molar-refractivity contribution in [1.29, 1.82) is 0 Å². The summed E-state index contributed by atoms with van der Waals surface area (Å²) in [6, 6.07) is 10.5. The van der Waals surface area contributed by atoms with Crippen molar-refractivity contribution in [3.8, 4) is 0 Å². The average molecular weight is 348 g/mol. The highest BCUT2D eigenvalue weighted by Gasteiger charge is 2.15. The minimum Gasteiger partial charge on any atom is -0.322 e. The molecule has 0 unspecified atom stereocenters. The third-order valence-corrected chi connectivity index (χ3v) is 3.66. The molecule has 7 heteroatoms. The molecule has 3 aromatic rings. The average Bonchev–Trinajstić information content (AvgIpc) is 3.04. The summed E-state index contributed by atoms with van der Waals surface area (Å²) in [6.45, 7) is 0.544. The van der Waals surface area contributed by atoms with Crippen LogP contribution in [0.1, 0.15) is 15.9 Å². The minimum atomic E-state index is -1.13. The van der Waals surface area contributed by atoms with Gasteiger partial charge in [0.05, 0.1) is 17.1 Å². The fourth-order valence-electron chi connectivity index (χ4n) is 2.22. The number of halogens is 3. The van der Waals surface area contributed by atoms with Gasteiger partial charge in [0.2, 0.25) is 0 Å². The van der Waals surface area contributed by atoms with E-state index in [0.717, 1.165) is 17.7 Å². The third kappa shape index (κ3) is 3.60. The normalized spacial score (nSPS) is 10.6. The van der Waals surface area contributed by atoms with E-state index in [2.05, 4.69) is 10.4 Å². The number of nitrogens with zero attached hydrogens (tertiary/aromatic N) is 2. The Bertz CT molecular complexity index is 882. The van der Waals surface area contributed by atoms with Crippen molar-refractivity contribution >= 4 is 23.2 Å². The van der Waals surface area contributed by atoms with Gasteiger partial charge in [-0.2, -0.15) is 5.10 Å². The van der Waals surface area contributed by atoms with Crippen LogP contribution in [-0.2, 0) is 6.54 Å². The molecule has 0 aliphatic carbocycles. The molecule has 0 atom stereocenters. The van der Waals surface area contributed by atoms with Crippen LogP contribution in [-0.4, -0.2) is 15.7 Å². The smallest absolute Gasteiger partial charge is 0.257 e. The zero-order chi connectivity index (χ0) is 17.1. The molecule has 0 radical (unpaired) electrons. The van der Waals surface area contributed by atoms with Crippen molar-refractivity contribution < 1.29 is 13.6 Å². The lowest BCUT2D eigenvalue weighted by Gasteiger charge is -2.09. The zero-order valence-electron chi connectivity index (χ0n) is 12.3. The summed E-state index contributed by atoms with van der Waals surface area (Å²) in [5, 5.41) is 6.58. The predicted molar refractivity (Wildman–Crippen MR) is 87.1 cm³/mol. The fraction of sp³-hybridized carbons (Fsp3) is 0.0588. The first-order valence-electron chi connectivity index (χ1n) is 7.05. The maximum absolute atomic E-state index is 13.3. The van der Waals surface area contributed by atoms with Crippen LogP contribution < -0.4 is 5.32 Å². The monoisotopic (exact) mass is 347 g/mol. The maximum atomic E-state index is 13.3. The summed E-state index contributed by atoms with van der Waals surface area (Å²) in [5.74, 6) is -2.84. The van der Waals surface area contributed by atoms with Crippen LogP contribution in [0.3, 0.4) is 0 Å². The molecule has 1 amide bonds. The highest BCUT2D eigenvalue weighted by atomic mass is 35.5. The Balaban J connectivity index is 1.78. The number of carbonyl (C=O) groups excluding carboxylic acids is 1. The summed E-state index contributed by atoms with van der Waals surface area (Å²) in [7, 11) is 0. The van der Waals surface area contributed by atoms with Crippen LogP contribution in [0.5, 0.6) is 0 Å². The van der Waals surface area contributed by atoms with E-state index in [1.54, 1.807) is 29.1 Å². The summed E-state index contributed by atoms with van der Waals surface area (Å²) < 4.78 is 28.1. The first-order valence-corrected chi connectivity index (χ1v) is 7.43. The van der Waals surface area contributed by atoms with Crippen molar-refractivity contribution in [2.24, 2.45) is 0 Å². The van der Waals surface area contributed by atoms with Gasteiger partial charge in [-0.25, -0.2) is 8.78 Å². The second-order valence-electron chi connectivity index (χ2n) is 5.10. The molecule has 2 aromatic carbocycles. The van der Waals surface area contributed by atoms with Gasteiger partial charge in [0, 0.05) is 18.1 Å². The summed E-state index contributed by atoms with van der Waals surface area (Å²) >= 11 is 5.81. The highest BCUT2D eigenvalue weighted by Crippen LogP contribution is 2.21. The van der Waals surface area contributed by atoms with E-state index in [1.165, 1.54) is 0 Å². The summed E-state index contributed by atoms with van der Waals surface area (Å²) in [6.07, 6.45) is 3.50. The van der Waals surface area contributed by atoms with Crippen molar-refractivity contribution in [1.82, 2.24) is 9.78 Å². The topological polar surface area (TPSA) is 46.9 Å². The van der Waals surface area contributed by atoms with Gasteiger partial charge in [0.25, 0.3) is 5.91 Å². The molecule has 24 heavy (non-hydrogen) atoms. The van der Waals surface area contributed by atoms with Crippen molar-refractivity contribution in [3.05, 3.63) is 82.6 Å². The third-order valence-electron chi connectivity index (χ3n) is 3.34. The summed E-state index contributed by atoms with van der Waals surface area (Å²) in [4.78, 5) is 12.2. The van der Waals surface area contributed by atoms with Crippen LogP contribution >= 0.6 is 11.6 Å². The lowest BCUT2D eigenvalue weighted by molar-refractivity contribution is 0.102. The standard InChI is InChI=1S/C17H12ClF2N3O/c18-14-9-16(20)15(19)8-13(14)17(24)22-12-4-1-3-11(7-12)10-23-6-2-5-21-23/h1-9H,10H2,(H,22,24). The number of benzene rings is 2. The predicted octanol–water partition coefficient (Wildman–Crippen LogP) is 4.12. The first-order chi connectivity index (χ1) is 11.5. The second-order valence-corrected chi connectivity index (χ2v) is 5.51. The molecule has 0 saturated carbocycles. The molecule has 0 aliphatic heterocycles. The number of carbonyl (C=O) groups is 1. The van der Waals surface area contributed by atoms with Crippen LogP contribution in [0, 0.1) is 11.6 Å². The van der Waals surface area contributed by atoms with Crippen molar-refractivity contribution in [2.45, 2.75) is 6.54 Å². The van der Waals surface area contributed by atoms with Crippen molar-refractivity contribution in [2.75, 3.05) is 5.32 Å². The lowest BCUT2D eigenvalue weighted by atomic mass is 10.1. The molecule has 0 spiro atoms. The Morgan fingerprint density at radius 2 is 1.96 bits per heavy atom. The number of hydrogen-bond acceptors (Lipinski definition) is 2. The Labute approximate surface area is 141 Å². The largest absolute Gasteiger partial charge is 0.322 e. The molecule has 1 aromatic heterocycles. The Kier molecular flexibility index (Phi) is 4.57. The Morgan fingerprint density at radius 1 is 1.17 bits per heavy atom. The second kappa shape index (κ2) is 6.80. The van der Waals surface area contributed by atoms with Crippen LogP contribution in [0.4, 0.5) is 14.5 Å². The fourth-order valence-corrected chi connectivity index (χ4v) is 2.46. The minimum absolute atomic E-state index is 0.131. The van der Waals surface area contributed by atoms with Gasteiger partial charge in [-0.3, -0.25) is 9.48 Å². The SMILES string of the molecule is O=C(Nc1cccc(Cn2cccn2)c1)c1cc(F)c(F)cc1Cl. The van der Waals surface area contributed by atoms with E-state index in [4.69, 9.17) is 11.6 Å². The zero-order valence-corrected chi connectivity index (χ0v) is 13.1. The number of amides is 1. The van der Waals surface area contributed by atoms with Gasteiger partial charge in [0.1, 0.15) is 0 Å². The molecule has 0 aliphatic rings. The molecular weight excluding hydrogens is 336 g/mol. The van der Waals surface area contributed by atoms with E-state index in [0.29, 0.717) is 12.2 Å². The van der Waals surface area contributed by atoms with E-state index < -0.39 is 17.5 Å². The molecule has 4 nitrogen and oxygen atoms in total. The molecule has 1 N–H and O–H groups in total. The molecule has 3 rings (SSSR count). The Morgan fingerprint density at radius 3 is 2.71 bits per heavy atom. The number of anilines is 1. The van der Waals surface area contributed by atoms with E-state index in [-0.39, 0.29) is 10.6 Å².